The molecule has 1 amide bonds. The Balaban J connectivity index is 1.74. The van der Waals surface area contributed by atoms with Crippen LogP contribution in [0.4, 0.5) is 0 Å². The van der Waals surface area contributed by atoms with Gasteiger partial charge in [-0.05, 0) is 17.9 Å². The van der Waals surface area contributed by atoms with Crippen molar-refractivity contribution in [2.24, 2.45) is 0 Å². The molecule has 3 atom stereocenters. The topological polar surface area (TPSA) is 50.8 Å². The van der Waals surface area contributed by atoms with Crippen LogP contribution in [0.3, 0.4) is 0 Å². The number of amides is 1. The van der Waals surface area contributed by atoms with E-state index in [4.69, 9.17) is 9.47 Å². The minimum atomic E-state index is -0.0772. The SMILES string of the molecule is CCCC1NC(c2cccs2)N(CC2COCCO2)C1=O. The lowest BCUT2D eigenvalue weighted by atomic mass is 10.1. The summed E-state index contributed by atoms with van der Waals surface area (Å²) in [6.07, 6.45) is 1.82. The van der Waals surface area contributed by atoms with E-state index in [1.807, 2.05) is 16.3 Å². The number of nitrogens with zero attached hydrogens (tertiary/aromatic N) is 1. The van der Waals surface area contributed by atoms with Crippen LogP contribution < -0.4 is 5.32 Å². The highest BCUT2D eigenvalue weighted by Gasteiger charge is 2.40. The number of carbonyl (C=O) groups excluding carboxylic acids is 1. The number of thiophene rings is 1. The van der Waals surface area contributed by atoms with Crippen LogP contribution in [0.2, 0.25) is 0 Å². The summed E-state index contributed by atoms with van der Waals surface area (Å²) >= 11 is 1.68. The molecule has 2 aliphatic heterocycles. The fraction of sp³-hybridized carbons (Fsp3) is 0.667. The Morgan fingerprint density at radius 1 is 1.48 bits per heavy atom. The van der Waals surface area contributed by atoms with Gasteiger partial charge in [-0.1, -0.05) is 19.4 Å². The number of nitrogens with one attached hydrogen (secondary N) is 1. The minimum Gasteiger partial charge on any atom is -0.376 e. The van der Waals surface area contributed by atoms with Gasteiger partial charge in [0.15, 0.2) is 0 Å². The molecule has 2 aliphatic rings. The number of carbonyl (C=O) groups is 1. The number of hydrogen-bond acceptors (Lipinski definition) is 5. The molecule has 3 unspecified atom stereocenters. The van der Waals surface area contributed by atoms with Gasteiger partial charge in [0, 0.05) is 4.88 Å². The molecule has 0 saturated carbocycles. The molecule has 3 heterocycles. The second kappa shape index (κ2) is 6.87. The highest BCUT2D eigenvalue weighted by molar-refractivity contribution is 7.10. The van der Waals surface area contributed by atoms with Crippen molar-refractivity contribution in [3.63, 3.8) is 0 Å². The van der Waals surface area contributed by atoms with Crippen LogP contribution in [0, 0.1) is 0 Å². The summed E-state index contributed by atoms with van der Waals surface area (Å²) in [6.45, 7) is 4.53. The first kappa shape index (κ1) is 15.0. The summed E-state index contributed by atoms with van der Waals surface area (Å²) in [5.41, 5.74) is 0. The first-order chi connectivity index (χ1) is 10.3. The van der Waals surface area contributed by atoms with Crippen LogP contribution in [0.15, 0.2) is 17.5 Å². The predicted octanol–water partition coefficient (Wildman–Crippen LogP) is 1.76. The lowest BCUT2D eigenvalue weighted by Crippen LogP contribution is -2.42. The van der Waals surface area contributed by atoms with E-state index in [1.54, 1.807) is 11.3 Å². The third-order valence-corrected chi connectivity index (χ3v) is 4.85. The Bertz CT molecular complexity index is 459. The second-order valence-electron chi connectivity index (χ2n) is 5.48. The van der Waals surface area contributed by atoms with Crippen molar-refractivity contribution < 1.29 is 14.3 Å². The van der Waals surface area contributed by atoms with Crippen molar-refractivity contribution in [3.8, 4) is 0 Å². The van der Waals surface area contributed by atoms with Gasteiger partial charge in [-0.25, -0.2) is 0 Å². The van der Waals surface area contributed by atoms with Gasteiger partial charge < -0.3 is 14.4 Å². The largest absolute Gasteiger partial charge is 0.376 e. The van der Waals surface area contributed by atoms with Crippen LogP contribution in [0.1, 0.15) is 30.8 Å². The lowest BCUT2D eigenvalue weighted by molar-refractivity contribution is -0.137. The monoisotopic (exact) mass is 310 g/mol. The molecule has 0 aromatic carbocycles. The zero-order chi connectivity index (χ0) is 14.7. The van der Waals surface area contributed by atoms with Gasteiger partial charge in [0.25, 0.3) is 0 Å². The van der Waals surface area contributed by atoms with Crippen LogP contribution >= 0.6 is 11.3 Å². The Morgan fingerprint density at radius 3 is 3.05 bits per heavy atom. The van der Waals surface area contributed by atoms with Crippen molar-refractivity contribution in [1.82, 2.24) is 10.2 Å². The molecule has 0 bridgehead atoms. The fourth-order valence-corrected chi connectivity index (χ4v) is 3.71. The van der Waals surface area contributed by atoms with Gasteiger partial charge in [-0.3, -0.25) is 10.1 Å². The van der Waals surface area contributed by atoms with Crippen molar-refractivity contribution in [1.29, 1.82) is 0 Å². The first-order valence-corrected chi connectivity index (χ1v) is 8.47. The van der Waals surface area contributed by atoms with E-state index in [-0.39, 0.29) is 24.2 Å². The Hall–Kier alpha value is -0.950. The molecule has 0 radical (unpaired) electrons. The molecule has 0 spiro atoms. The summed E-state index contributed by atoms with van der Waals surface area (Å²) in [7, 11) is 0. The smallest absolute Gasteiger partial charge is 0.241 e. The minimum absolute atomic E-state index is 0.0210. The van der Waals surface area contributed by atoms with E-state index >= 15 is 0 Å². The molecule has 1 aromatic heterocycles. The van der Waals surface area contributed by atoms with Gasteiger partial charge >= 0.3 is 0 Å². The van der Waals surface area contributed by atoms with Crippen molar-refractivity contribution in [2.45, 2.75) is 38.1 Å². The zero-order valence-corrected chi connectivity index (χ0v) is 13.1. The zero-order valence-electron chi connectivity index (χ0n) is 12.3. The van der Waals surface area contributed by atoms with Crippen molar-refractivity contribution in [3.05, 3.63) is 22.4 Å². The molecule has 0 aliphatic carbocycles. The molecule has 21 heavy (non-hydrogen) atoms. The van der Waals surface area contributed by atoms with E-state index < -0.39 is 0 Å². The third-order valence-electron chi connectivity index (χ3n) is 3.93. The van der Waals surface area contributed by atoms with Crippen LogP contribution in [-0.2, 0) is 14.3 Å². The van der Waals surface area contributed by atoms with Crippen LogP contribution in [0.5, 0.6) is 0 Å². The number of ether oxygens (including phenoxy) is 2. The van der Waals surface area contributed by atoms with E-state index in [0.717, 1.165) is 12.8 Å². The van der Waals surface area contributed by atoms with Crippen molar-refractivity contribution >= 4 is 17.2 Å². The summed E-state index contributed by atoms with van der Waals surface area (Å²) in [4.78, 5) is 15.7. The third kappa shape index (κ3) is 3.29. The normalized spacial score (nSPS) is 30.0. The maximum Gasteiger partial charge on any atom is 0.241 e. The summed E-state index contributed by atoms with van der Waals surface area (Å²) < 4.78 is 11.2. The van der Waals surface area contributed by atoms with E-state index in [2.05, 4.69) is 18.3 Å². The summed E-state index contributed by atoms with van der Waals surface area (Å²) in [5, 5.41) is 5.52. The highest BCUT2D eigenvalue weighted by atomic mass is 32.1. The van der Waals surface area contributed by atoms with Gasteiger partial charge in [0.1, 0.15) is 6.17 Å². The average molecular weight is 310 g/mol. The van der Waals surface area contributed by atoms with Gasteiger partial charge in [0.05, 0.1) is 38.5 Å². The molecule has 2 saturated heterocycles. The van der Waals surface area contributed by atoms with E-state index in [0.29, 0.717) is 26.4 Å². The maximum absolute atomic E-state index is 12.6. The summed E-state index contributed by atoms with van der Waals surface area (Å²) in [5.74, 6) is 0.185. The van der Waals surface area contributed by atoms with Gasteiger partial charge in [-0.2, -0.15) is 0 Å². The molecule has 1 N–H and O–H groups in total. The van der Waals surface area contributed by atoms with Crippen LogP contribution in [-0.4, -0.2) is 49.3 Å². The Morgan fingerprint density at radius 2 is 2.38 bits per heavy atom. The standard InChI is InChI=1S/C15H22N2O3S/c1-2-4-12-15(18)17(9-11-10-19-6-7-20-11)14(16-12)13-5-3-8-21-13/h3,5,8,11-12,14,16H,2,4,6-7,9-10H2,1H3. The molecule has 2 fully saturated rings. The van der Waals surface area contributed by atoms with E-state index in [1.165, 1.54) is 4.88 Å². The second-order valence-corrected chi connectivity index (χ2v) is 6.46. The van der Waals surface area contributed by atoms with Gasteiger partial charge in [0.2, 0.25) is 5.91 Å². The average Bonchev–Trinajstić information content (AvgIpc) is 3.12. The van der Waals surface area contributed by atoms with E-state index in [9.17, 15) is 4.79 Å². The van der Waals surface area contributed by atoms with Gasteiger partial charge in [-0.15, -0.1) is 11.3 Å². The molecule has 1 aromatic rings. The molecule has 6 heteroatoms. The molecular weight excluding hydrogens is 288 g/mol. The molecule has 5 nitrogen and oxygen atoms in total. The molecule has 3 rings (SSSR count). The molecule has 116 valence electrons. The highest BCUT2D eigenvalue weighted by Crippen LogP contribution is 2.30. The maximum atomic E-state index is 12.6. The lowest BCUT2D eigenvalue weighted by Gasteiger charge is -2.30. The molecular formula is C15H22N2O3S. The quantitative estimate of drug-likeness (QED) is 0.900. The van der Waals surface area contributed by atoms with Crippen LogP contribution in [0.25, 0.3) is 0 Å². The first-order valence-electron chi connectivity index (χ1n) is 7.59. The number of hydrogen-bond donors (Lipinski definition) is 1. The Kier molecular flexibility index (Phi) is 4.90. The fourth-order valence-electron chi connectivity index (χ4n) is 2.91. The predicted molar refractivity (Wildman–Crippen MR) is 81.2 cm³/mol. The van der Waals surface area contributed by atoms with Crippen molar-refractivity contribution in [2.75, 3.05) is 26.4 Å². The Labute approximate surface area is 129 Å². The number of rotatable bonds is 5. The summed E-state index contributed by atoms with van der Waals surface area (Å²) in [6, 6.07) is 4.03.